The molecule has 0 aliphatic heterocycles. The van der Waals surface area contributed by atoms with Crippen LogP contribution in [0.1, 0.15) is 5.56 Å². The van der Waals surface area contributed by atoms with Crippen molar-refractivity contribution in [3.8, 4) is 22.8 Å². The predicted octanol–water partition coefficient (Wildman–Crippen LogP) is 3.60. The summed E-state index contributed by atoms with van der Waals surface area (Å²) in [5.74, 6) is -0.342. The Hall–Kier alpha value is -3.12. The highest BCUT2D eigenvalue weighted by Gasteiger charge is 2.07. The molecule has 0 saturated carbocycles. The molecular weight excluding hydrogens is 334 g/mol. The minimum absolute atomic E-state index is 0.160. The molecule has 0 amide bonds. The van der Waals surface area contributed by atoms with Crippen LogP contribution in [0.2, 0.25) is 0 Å². The third-order valence-corrected chi connectivity index (χ3v) is 4.29. The second-order valence-corrected chi connectivity index (χ2v) is 6.04. The van der Waals surface area contributed by atoms with Gasteiger partial charge >= 0.3 is 0 Å². The minimum Gasteiger partial charge on any atom is -0.504 e. The molecule has 0 atom stereocenters. The van der Waals surface area contributed by atoms with E-state index in [2.05, 4.69) is 16.7 Å². The largest absolute Gasteiger partial charge is 0.504 e. The Morgan fingerprint density at radius 1 is 1.08 bits per heavy atom. The Kier molecular flexibility index (Phi) is 5.11. The summed E-state index contributed by atoms with van der Waals surface area (Å²) in [6.45, 7) is 4.20. The second-order valence-electron chi connectivity index (χ2n) is 5.20. The number of aromatic nitrogens is 1. The van der Waals surface area contributed by atoms with E-state index in [0.717, 1.165) is 16.1 Å². The highest BCUT2D eigenvalue weighted by Crippen LogP contribution is 2.24. The summed E-state index contributed by atoms with van der Waals surface area (Å²) in [5.41, 5.74) is 2.62. The first-order chi connectivity index (χ1) is 12.2. The molecule has 0 saturated heterocycles. The highest BCUT2D eigenvalue weighted by atomic mass is 32.1. The van der Waals surface area contributed by atoms with Crippen molar-refractivity contribution in [1.29, 1.82) is 0 Å². The maximum atomic E-state index is 9.61. The van der Waals surface area contributed by atoms with Crippen LogP contribution in [0.15, 0.2) is 76.7 Å². The summed E-state index contributed by atoms with van der Waals surface area (Å²) in [6.07, 6.45) is 3.35. The van der Waals surface area contributed by atoms with Crippen molar-refractivity contribution >= 4 is 17.6 Å². The van der Waals surface area contributed by atoms with Crippen LogP contribution < -0.4 is 4.80 Å². The van der Waals surface area contributed by atoms with Gasteiger partial charge in [-0.3, -0.25) is 4.99 Å². The van der Waals surface area contributed by atoms with E-state index in [9.17, 15) is 10.2 Å². The molecule has 2 aromatic carbocycles. The van der Waals surface area contributed by atoms with Gasteiger partial charge in [0.15, 0.2) is 11.5 Å². The fourth-order valence-electron chi connectivity index (χ4n) is 2.21. The Morgan fingerprint density at radius 2 is 1.88 bits per heavy atom. The first-order valence-corrected chi connectivity index (χ1v) is 8.50. The van der Waals surface area contributed by atoms with Crippen molar-refractivity contribution < 1.29 is 10.2 Å². The summed E-state index contributed by atoms with van der Waals surface area (Å²) in [5, 5.41) is 25.5. The number of aromatic hydroxyl groups is 2. The second kappa shape index (κ2) is 7.63. The lowest BCUT2D eigenvalue weighted by Gasteiger charge is -2.03. The first-order valence-electron chi connectivity index (χ1n) is 7.62. The average molecular weight is 351 g/mol. The van der Waals surface area contributed by atoms with Crippen molar-refractivity contribution in [2.24, 2.45) is 10.1 Å². The number of rotatable bonds is 5. The quantitative estimate of drug-likeness (QED) is 0.419. The van der Waals surface area contributed by atoms with Gasteiger partial charge in [-0.1, -0.05) is 36.4 Å². The van der Waals surface area contributed by atoms with E-state index < -0.39 is 0 Å². The van der Waals surface area contributed by atoms with Gasteiger partial charge in [-0.25, -0.2) is 4.68 Å². The van der Waals surface area contributed by atoms with Crippen LogP contribution in [0.25, 0.3) is 11.3 Å². The maximum absolute atomic E-state index is 9.61. The van der Waals surface area contributed by atoms with E-state index in [-0.39, 0.29) is 11.5 Å². The molecule has 25 heavy (non-hydrogen) atoms. The first kappa shape index (κ1) is 16.7. The van der Waals surface area contributed by atoms with Crippen LogP contribution in [0, 0.1) is 0 Å². The van der Waals surface area contributed by atoms with E-state index in [1.165, 1.54) is 23.5 Å². The molecular formula is C19H17N3O2S. The molecule has 6 heteroatoms. The standard InChI is InChI=1S/C19H17N3O2S/c1-2-10-20-19-22(16(13-25-19)15-6-4-3-5-7-15)21-12-14-8-9-17(23)18(24)11-14/h2-9,11-13,23-24H,1,10H2. The zero-order valence-corrected chi connectivity index (χ0v) is 14.2. The van der Waals surface area contributed by atoms with E-state index in [0.29, 0.717) is 12.1 Å². The molecule has 3 rings (SSSR count). The Balaban J connectivity index is 2.06. The van der Waals surface area contributed by atoms with Gasteiger partial charge in [0, 0.05) is 10.9 Å². The third kappa shape index (κ3) is 3.87. The zero-order valence-electron chi connectivity index (χ0n) is 13.4. The molecule has 0 radical (unpaired) electrons. The summed E-state index contributed by atoms with van der Waals surface area (Å²) in [6, 6.07) is 14.5. The van der Waals surface area contributed by atoms with Gasteiger partial charge < -0.3 is 10.2 Å². The lowest BCUT2D eigenvalue weighted by Crippen LogP contribution is -2.12. The molecule has 0 aliphatic rings. The van der Waals surface area contributed by atoms with Gasteiger partial charge in [0.2, 0.25) is 4.80 Å². The summed E-state index contributed by atoms with van der Waals surface area (Å²) in [7, 11) is 0. The fraction of sp³-hybridized carbons (Fsp3) is 0.0526. The monoisotopic (exact) mass is 351 g/mol. The third-order valence-electron chi connectivity index (χ3n) is 3.43. The van der Waals surface area contributed by atoms with Gasteiger partial charge in [0.1, 0.15) is 0 Å². The molecule has 2 N–H and O–H groups in total. The van der Waals surface area contributed by atoms with E-state index in [4.69, 9.17) is 0 Å². The van der Waals surface area contributed by atoms with E-state index >= 15 is 0 Å². The highest BCUT2D eigenvalue weighted by molar-refractivity contribution is 7.07. The minimum atomic E-state index is -0.181. The van der Waals surface area contributed by atoms with Gasteiger partial charge in [-0.2, -0.15) is 5.10 Å². The van der Waals surface area contributed by atoms with Crippen molar-refractivity contribution in [2.75, 3.05) is 6.54 Å². The van der Waals surface area contributed by atoms with E-state index in [1.54, 1.807) is 23.0 Å². The Bertz CT molecular complexity index is 972. The van der Waals surface area contributed by atoms with Crippen molar-refractivity contribution in [2.45, 2.75) is 0 Å². The Labute approximate surface area is 149 Å². The number of hydrogen-bond donors (Lipinski definition) is 2. The molecule has 126 valence electrons. The van der Waals surface area contributed by atoms with Crippen LogP contribution in [-0.2, 0) is 0 Å². The van der Waals surface area contributed by atoms with Crippen LogP contribution in [0.5, 0.6) is 11.5 Å². The zero-order chi connectivity index (χ0) is 17.6. The molecule has 0 fully saturated rings. The fourth-order valence-corrected chi connectivity index (χ4v) is 3.06. The van der Waals surface area contributed by atoms with Gasteiger partial charge in [0.25, 0.3) is 0 Å². The molecule has 0 spiro atoms. The summed E-state index contributed by atoms with van der Waals surface area (Å²) in [4.78, 5) is 5.22. The van der Waals surface area contributed by atoms with Gasteiger partial charge in [-0.05, 0) is 23.8 Å². The number of nitrogens with zero attached hydrogens (tertiary/aromatic N) is 3. The molecule has 5 nitrogen and oxygen atoms in total. The lowest BCUT2D eigenvalue weighted by molar-refractivity contribution is 0.403. The smallest absolute Gasteiger partial charge is 0.206 e. The molecule has 0 bridgehead atoms. The maximum Gasteiger partial charge on any atom is 0.206 e. The van der Waals surface area contributed by atoms with Crippen molar-refractivity contribution in [3.63, 3.8) is 0 Å². The predicted molar refractivity (Wildman–Crippen MR) is 101 cm³/mol. The topological polar surface area (TPSA) is 70.1 Å². The van der Waals surface area contributed by atoms with Crippen LogP contribution in [-0.4, -0.2) is 27.6 Å². The normalized spacial score (nSPS) is 11.9. The van der Waals surface area contributed by atoms with E-state index in [1.807, 2.05) is 35.7 Å². The summed E-state index contributed by atoms with van der Waals surface area (Å²) < 4.78 is 1.76. The van der Waals surface area contributed by atoms with Crippen LogP contribution in [0.3, 0.4) is 0 Å². The number of phenols is 2. The van der Waals surface area contributed by atoms with Crippen LogP contribution in [0.4, 0.5) is 0 Å². The molecule has 1 heterocycles. The van der Waals surface area contributed by atoms with Gasteiger partial charge in [0.05, 0.1) is 18.5 Å². The SMILES string of the molecule is C=CCN=c1scc(-c2ccccc2)n1N=Cc1ccc(O)c(O)c1. The molecule has 3 aromatic rings. The average Bonchev–Trinajstić information content (AvgIpc) is 3.04. The van der Waals surface area contributed by atoms with Crippen molar-refractivity contribution in [1.82, 2.24) is 4.68 Å². The number of thiazole rings is 1. The number of benzene rings is 2. The van der Waals surface area contributed by atoms with Crippen LogP contribution >= 0.6 is 11.3 Å². The Morgan fingerprint density at radius 3 is 2.60 bits per heavy atom. The van der Waals surface area contributed by atoms with Crippen molar-refractivity contribution in [3.05, 3.63) is 76.9 Å². The number of phenolic OH excluding ortho intramolecular Hbond substituents is 2. The molecule has 1 aromatic heterocycles. The number of hydrogen-bond acceptors (Lipinski definition) is 5. The lowest BCUT2D eigenvalue weighted by atomic mass is 10.2. The van der Waals surface area contributed by atoms with Gasteiger partial charge in [-0.15, -0.1) is 17.9 Å². The molecule has 0 unspecified atom stereocenters. The molecule has 0 aliphatic carbocycles. The summed E-state index contributed by atoms with van der Waals surface area (Å²) >= 11 is 1.50.